The van der Waals surface area contributed by atoms with Crippen molar-refractivity contribution in [2.45, 2.75) is 6.54 Å². The van der Waals surface area contributed by atoms with E-state index in [9.17, 15) is 19.1 Å². The van der Waals surface area contributed by atoms with Gasteiger partial charge >= 0.3 is 6.09 Å². The molecule has 0 radical (unpaired) electrons. The highest BCUT2D eigenvalue weighted by molar-refractivity contribution is 5.94. The summed E-state index contributed by atoms with van der Waals surface area (Å²) in [5.74, 6) is -0.317. The summed E-state index contributed by atoms with van der Waals surface area (Å²) in [6.45, 7) is 1.04. The van der Waals surface area contributed by atoms with Gasteiger partial charge in [-0.05, 0) is 59.7 Å². The Morgan fingerprint density at radius 2 is 1.77 bits per heavy atom. The number of benzene rings is 3. The van der Waals surface area contributed by atoms with Crippen LogP contribution in [0.4, 0.5) is 26.5 Å². The molecule has 0 saturated carbocycles. The number of carbonyl (C=O) groups excluding carboxylic acids is 2. The van der Waals surface area contributed by atoms with E-state index < -0.39 is 6.09 Å². The molecule has 10 nitrogen and oxygen atoms in total. The molecule has 3 N–H and O–H groups in total. The van der Waals surface area contributed by atoms with E-state index in [0.29, 0.717) is 42.3 Å². The second-order valence-electron chi connectivity index (χ2n) is 9.13. The minimum atomic E-state index is -0.447. The lowest BCUT2D eigenvalue weighted by molar-refractivity contribution is 0.0951. The highest BCUT2D eigenvalue weighted by Crippen LogP contribution is 2.32. The van der Waals surface area contributed by atoms with Gasteiger partial charge in [0.25, 0.3) is 5.91 Å². The molecule has 1 aliphatic rings. The van der Waals surface area contributed by atoms with E-state index >= 15 is 0 Å². The van der Waals surface area contributed by atoms with Gasteiger partial charge < -0.3 is 20.5 Å². The minimum absolute atomic E-state index is 0.0569. The molecule has 5 aromatic rings. The SMILES string of the molecule is O=C(NCc1ccc(F)cc1)c1ccc(-c2ccc3nc(Nc4ccc(N5CCOC5=O)cc4O)nn3c2)cc1. The van der Waals surface area contributed by atoms with Crippen LogP contribution in [0.1, 0.15) is 15.9 Å². The predicted molar refractivity (Wildman–Crippen MR) is 146 cm³/mol. The topological polar surface area (TPSA) is 121 Å². The van der Waals surface area contributed by atoms with Crippen molar-refractivity contribution in [3.63, 3.8) is 0 Å². The number of fused-ring (bicyclic) bond motifs is 1. The molecule has 0 spiro atoms. The summed E-state index contributed by atoms with van der Waals surface area (Å²) < 4.78 is 19.6. The van der Waals surface area contributed by atoms with Crippen molar-refractivity contribution < 1.29 is 23.8 Å². The lowest BCUT2D eigenvalue weighted by Gasteiger charge is -2.14. The third-order valence-corrected chi connectivity index (χ3v) is 6.48. The fraction of sp³-hybridized carbons (Fsp3) is 0.103. The maximum Gasteiger partial charge on any atom is 0.414 e. The van der Waals surface area contributed by atoms with Gasteiger partial charge in [0, 0.05) is 29.9 Å². The second-order valence-corrected chi connectivity index (χ2v) is 9.13. The molecule has 1 saturated heterocycles. The number of phenols is 1. The summed E-state index contributed by atoms with van der Waals surface area (Å²) in [5, 5.41) is 20.8. The third kappa shape index (κ3) is 5.12. The maximum absolute atomic E-state index is 13.1. The molecule has 3 heterocycles. The average Bonchev–Trinajstić information content (AvgIpc) is 3.58. The Bertz CT molecular complexity index is 1720. The van der Waals surface area contributed by atoms with Gasteiger partial charge in [-0.2, -0.15) is 4.98 Å². The van der Waals surface area contributed by atoms with Crippen LogP contribution >= 0.6 is 0 Å². The van der Waals surface area contributed by atoms with Gasteiger partial charge in [0.2, 0.25) is 5.95 Å². The number of pyridine rings is 1. The number of phenolic OH excluding ortho intramolecular Hbond substituents is 1. The molecule has 11 heteroatoms. The fourth-order valence-corrected chi connectivity index (χ4v) is 4.35. The zero-order valence-electron chi connectivity index (χ0n) is 21.0. The first kappa shape index (κ1) is 24.9. The van der Waals surface area contributed by atoms with E-state index in [2.05, 4.69) is 20.7 Å². The Hall–Kier alpha value is -5.45. The summed E-state index contributed by atoms with van der Waals surface area (Å²) in [5.41, 5.74) is 4.59. The predicted octanol–water partition coefficient (Wildman–Crippen LogP) is 4.87. The number of nitrogens with one attached hydrogen (secondary N) is 2. The van der Waals surface area contributed by atoms with Crippen LogP contribution in [0.2, 0.25) is 0 Å². The number of aromatic hydroxyl groups is 1. The molecule has 0 bridgehead atoms. The van der Waals surface area contributed by atoms with E-state index in [4.69, 9.17) is 4.74 Å². The van der Waals surface area contributed by atoms with Crippen molar-refractivity contribution in [1.29, 1.82) is 0 Å². The molecule has 200 valence electrons. The van der Waals surface area contributed by atoms with Crippen LogP contribution in [0.5, 0.6) is 5.75 Å². The van der Waals surface area contributed by atoms with Gasteiger partial charge in [0.05, 0.1) is 17.9 Å². The van der Waals surface area contributed by atoms with Crippen molar-refractivity contribution in [3.8, 4) is 16.9 Å². The molecule has 2 amide bonds. The Balaban J connectivity index is 1.13. The van der Waals surface area contributed by atoms with Crippen molar-refractivity contribution >= 4 is 35.0 Å². The van der Waals surface area contributed by atoms with Crippen molar-refractivity contribution in [3.05, 3.63) is 102 Å². The first-order valence-electron chi connectivity index (χ1n) is 12.5. The fourth-order valence-electron chi connectivity index (χ4n) is 4.35. The number of anilines is 3. The number of ether oxygens (including phenoxy) is 1. The largest absolute Gasteiger partial charge is 0.506 e. The van der Waals surface area contributed by atoms with Crippen molar-refractivity contribution in [2.24, 2.45) is 0 Å². The summed E-state index contributed by atoms with van der Waals surface area (Å²) in [6, 6.07) is 21.7. The molecular weight excluding hydrogens is 515 g/mol. The highest BCUT2D eigenvalue weighted by atomic mass is 19.1. The van der Waals surface area contributed by atoms with Gasteiger partial charge in [-0.3, -0.25) is 9.69 Å². The summed E-state index contributed by atoms with van der Waals surface area (Å²) >= 11 is 0. The Morgan fingerprint density at radius 3 is 2.50 bits per heavy atom. The normalized spacial score (nSPS) is 12.9. The van der Waals surface area contributed by atoms with E-state index in [-0.39, 0.29) is 23.4 Å². The van der Waals surface area contributed by atoms with Crippen molar-refractivity contribution in [2.75, 3.05) is 23.4 Å². The molecule has 0 atom stereocenters. The van der Waals surface area contributed by atoms with E-state index in [1.165, 1.54) is 23.1 Å². The molecule has 1 fully saturated rings. The maximum atomic E-state index is 13.1. The van der Waals surface area contributed by atoms with Crippen LogP contribution in [-0.2, 0) is 11.3 Å². The van der Waals surface area contributed by atoms with Gasteiger partial charge in [-0.15, -0.1) is 5.10 Å². The quantitative estimate of drug-likeness (QED) is 0.253. The highest BCUT2D eigenvalue weighted by Gasteiger charge is 2.24. The van der Waals surface area contributed by atoms with Gasteiger partial charge in [-0.1, -0.05) is 24.3 Å². The average molecular weight is 539 g/mol. The van der Waals surface area contributed by atoms with Crippen LogP contribution in [0.25, 0.3) is 16.8 Å². The lowest BCUT2D eigenvalue weighted by atomic mass is 10.1. The first-order valence-corrected chi connectivity index (χ1v) is 12.5. The molecule has 40 heavy (non-hydrogen) atoms. The number of cyclic esters (lactones) is 1. The molecule has 0 unspecified atom stereocenters. The molecule has 3 aromatic carbocycles. The minimum Gasteiger partial charge on any atom is -0.506 e. The number of halogens is 1. The smallest absolute Gasteiger partial charge is 0.414 e. The summed E-state index contributed by atoms with van der Waals surface area (Å²) in [4.78, 5) is 30.2. The number of amides is 2. The van der Waals surface area contributed by atoms with E-state index in [0.717, 1.165) is 16.7 Å². The Labute approximate surface area is 227 Å². The second kappa shape index (κ2) is 10.4. The molecule has 1 aliphatic heterocycles. The molecular formula is C29H23FN6O4. The number of hydrogen-bond acceptors (Lipinski definition) is 7. The molecule has 0 aliphatic carbocycles. The van der Waals surface area contributed by atoms with Crippen LogP contribution < -0.4 is 15.5 Å². The number of aromatic nitrogens is 3. The number of rotatable bonds is 7. The van der Waals surface area contributed by atoms with Crippen molar-refractivity contribution in [1.82, 2.24) is 19.9 Å². The molecule has 6 rings (SSSR count). The van der Waals surface area contributed by atoms with Gasteiger partial charge in [0.15, 0.2) is 5.65 Å². The monoisotopic (exact) mass is 538 g/mol. The van der Waals surface area contributed by atoms with E-state index in [1.54, 1.807) is 40.9 Å². The Kier molecular flexibility index (Phi) is 6.44. The third-order valence-electron chi connectivity index (χ3n) is 6.48. The van der Waals surface area contributed by atoms with Gasteiger partial charge in [-0.25, -0.2) is 13.7 Å². The summed E-state index contributed by atoms with van der Waals surface area (Å²) in [7, 11) is 0. The van der Waals surface area contributed by atoms with Gasteiger partial charge in [0.1, 0.15) is 18.2 Å². The standard InChI is InChI=1S/C29H23FN6O4/c30-22-8-1-18(2-9-22)16-31-27(38)20-5-3-19(4-6-20)21-7-12-26-33-28(34-36(26)17-21)32-24-11-10-23(15-25(24)37)35-13-14-40-29(35)39/h1-12,15,17,37H,13-14,16H2,(H,31,38)(H,32,34). The number of nitrogens with zero attached hydrogens (tertiary/aromatic N) is 4. The zero-order valence-corrected chi connectivity index (χ0v) is 21.0. The number of hydrogen-bond donors (Lipinski definition) is 3. The lowest BCUT2D eigenvalue weighted by Crippen LogP contribution is -2.23. The first-order chi connectivity index (χ1) is 19.4. The Morgan fingerprint density at radius 1 is 1.00 bits per heavy atom. The zero-order chi connectivity index (χ0) is 27.6. The number of carbonyl (C=O) groups is 2. The van der Waals surface area contributed by atoms with Crippen LogP contribution in [-0.4, -0.2) is 44.9 Å². The van der Waals surface area contributed by atoms with Crippen LogP contribution in [0.3, 0.4) is 0 Å². The molecule has 2 aromatic heterocycles. The van der Waals surface area contributed by atoms with E-state index in [1.807, 2.05) is 30.5 Å². The van der Waals surface area contributed by atoms with Crippen LogP contribution in [0, 0.1) is 5.82 Å². The van der Waals surface area contributed by atoms with Crippen LogP contribution in [0.15, 0.2) is 85.1 Å². The summed E-state index contributed by atoms with van der Waals surface area (Å²) in [6.07, 6.45) is 1.37.